The number of anilines is 3. The SMILES string of the molecule is CC1=C(C(=O)Nc2ccncc2Nc2ccc(C)cc2F)C=NC(F)C1. The average molecular weight is 356 g/mol. The molecule has 2 aromatic rings. The molecule has 1 atom stereocenters. The highest BCUT2D eigenvalue weighted by molar-refractivity contribution is 6.19. The number of nitrogens with one attached hydrogen (secondary N) is 2. The Bertz CT molecular complexity index is 908. The molecule has 26 heavy (non-hydrogen) atoms. The lowest BCUT2D eigenvalue weighted by atomic mass is 10.0. The van der Waals surface area contributed by atoms with Crippen molar-refractivity contribution in [1.29, 1.82) is 0 Å². The van der Waals surface area contributed by atoms with Gasteiger partial charge < -0.3 is 10.6 Å². The second-order valence-electron chi connectivity index (χ2n) is 6.09. The molecule has 1 aliphatic heterocycles. The standard InChI is InChI=1S/C19H18F2N4O/c1-11-3-4-15(14(20)7-11)24-17-10-22-6-5-16(17)25-19(26)13-9-23-18(21)8-12(13)2/h3-7,9-10,18,24H,8H2,1-2H3,(H,22,25,26). The normalized spacial score (nSPS) is 16.5. The number of carbonyl (C=O) groups excluding carboxylic acids is 1. The van der Waals surface area contributed by atoms with Gasteiger partial charge in [0.25, 0.3) is 5.91 Å². The van der Waals surface area contributed by atoms with E-state index in [0.29, 0.717) is 22.5 Å². The smallest absolute Gasteiger partial charge is 0.257 e. The fraction of sp³-hybridized carbons (Fsp3) is 0.211. The van der Waals surface area contributed by atoms with Gasteiger partial charge in [0.05, 0.1) is 28.8 Å². The molecule has 2 heterocycles. The fourth-order valence-electron chi connectivity index (χ4n) is 2.59. The van der Waals surface area contributed by atoms with Crippen molar-refractivity contribution in [2.75, 3.05) is 10.6 Å². The number of rotatable bonds is 4. The fourth-order valence-corrected chi connectivity index (χ4v) is 2.59. The summed E-state index contributed by atoms with van der Waals surface area (Å²) in [7, 11) is 0. The van der Waals surface area contributed by atoms with Gasteiger partial charge in [-0.1, -0.05) is 11.6 Å². The van der Waals surface area contributed by atoms with Crippen molar-refractivity contribution < 1.29 is 13.6 Å². The van der Waals surface area contributed by atoms with E-state index in [-0.39, 0.29) is 12.1 Å². The van der Waals surface area contributed by atoms with Gasteiger partial charge in [-0.2, -0.15) is 0 Å². The number of hydrogen-bond acceptors (Lipinski definition) is 4. The van der Waals surface area contributed by atoms with Gasteiger partial charge in [-0.25, -0.2) is 8.78 Å². The largest absolute Gasteiger partial charge is 0.350 e. The van der Waals surface area contributed by atoms with Crippen LogP contribution in [0.15, 0.2) is 52.8 Å². The first kappa shape index (κ1) is 17.7. The molecule has 1 aromatic carbocycles. The van der Waals surface area contributed by atoms with Crippen LogP contribution in [0.25, 0.3) is 0 Å². The summed E-state index contributed by atoms with van der Waals surface area (Å²) in [5.74, 6) is -0.810. The molecular formula is C19H18F2N4O. The first-order chi connectivity index (χ1) is 12.4. The number of pyridine rings is 1. The van der Waals surface area contributed by atoms with E-state index >= 15 is 0 Å². The van der Waals surface area contributed by atoms with Crippen LogP contribution < -0.4 is 10.6 Å². The third kappa shape index (κ3) is 3.93. The minimum Gasteiger partial charge on any atom is -0.350 e. The summed E-state index contributed by atoms with van der Waals surface area (Å²) < 4.78 is 27.3. The zero-order chi connectivity index (χ0) is 18.7. The maximum atomic E-state index is 14.1. The molecule has 1 aromatic heterocycles. The lowest BCUT2D eigenvalue weighted by molar-refractivity contribution is -0.112. The Kier molecular flexibility index (Phi) is 5.06. The van der Waals surface area contributed by atoms with Gasteiger partial charge in [-0.15, -0.1) is 0 Å². The van der Waals surface area contributed by atoms with Crippen LogP contribution in [0.5, 0.6) is 0 Å². The Morgan fingerprint density at radius 3 is 2.73 bits per heavy atom. The number of nitrogens with zero attached hydrogens (tertiary/aromatic N) is 2. The maximum Gasteiger partial charge on any atom is 0.257 e. The molecular weight excluding hydrogens is 338 g/mol. The lowest BCUT2D eigenvalue weighted by Gasteiger charge is -2.16. The Morgan fingerprint density at radius 1 is 1.19 bits per heavy atom. The van der Waals surface area contributed by atoms with Crippen molar-refractivity contribution in [1.82, 2.24) is 4.98 Å². The molecule has 3 rings (SSSR count). The number of benzene rings is 1. The van der Waals surface area contributed by atoms with Crippen LogP contribution in [0.3, 0.4) is 0 Å². The number of aromatic nitrogens is 1. The lowest BCUT2D eigenvalue weighted by Crippen LogP contribution is -2.21. The summed E-state index contributed by atoms with van der Waals surface area (Å²) in [6.45, 7) is 3.49. The predicted octanol–water partition coefficient (Wildman–Crippen LogP) is 4.30. The number of amides is 1. The zero-order valence-electron chi connectivity index (χ0n) is 14.4. The van der Waals surface area contributed by atoms with Crippen LogP contribution in [-0.4, -0.2) is 23.4 Å². The van der Waals surface area contributed by atoms with Gasteiger partial charge >= 0.3 is 0 Å². The Hall–Kier alpha value is -3.09. The zero-order valence-corrected chi connectivity index (χ0v) is 14.4. The third-order valence-corrected chi connectivity index (χ3v) is 4.01. The molecule has 0 aliphatic carbocycles. The maximum absolute atomic E-state index is 14.1. The van der Waals surface area contributed by atoms with Crippen LogP contribution in [0, 0.1) is 12.7 Å². The highest BCUT2D eigenvalue weighted by Crippen LogP contribution is 2.27. The van der Waals surface area contributed by atoms with Crippen molar-refractivity contribution in [3.63, 3.8) is 0 Å². The quantitative estimate of drug-likeness (QED) is 0.803. The minimum atomic E-state index is -1.31. The van der Waals surface area contributed by atoms with E-state index in [0.717, 1.165) is 5.56 Å². The predicted molar refractivity (Wildman–Crippen MR) is 98.0 cm³/mol. The highest BCUT2D eigenvalue weighted by Gasteiger charge is 2.19. The Labute approximate surface area is 149 Å². The van der Waals surface area contributed by atoms with E-state index in [1.54, 1.807) is 32.0 Å². The molecule has 0 bridgehead atoms. The minimum absolute atomic E-state index is 0.0925. The second-order valence-corrected chi connectivity index (χ2v) is 6.09. The summed E-state index contributed by atoms with van der Waals surface area (Å²) in [5, 5.41) is 5.67. The van der Waals surface area contributed by atoms with E-state index in [2.05, 4.69) is 20.6 Å². The van der Waals surface area contributed by atoms with Crippen molar-refractivity contribution in [2.24, 2.45) is 4.99 Å². The van der Waals surface area contributed by atoms with E-state index in [1.165, 1.54) is 24.7 Å². The van der Waals surface area contributed by atoms with E-state index < -0.39 is 18.0 Å². The first-order valence-corrected chi connectivity index (χ1v) is 8.09. The number of aliphatic imine (C=N–C) groups is 1. The molecule has 134 valence electrons. The average Bonchev–Trinajstić information content (AvgIpc) is 2.58. The Balaban J connectivity index is 1.82. The van der Waals surface area contributed by atoms with Gasteiger partial charge in [0.1, 0.15) is 5.82 Å². The molecule has 0 spiro atoms. The summed E-state index contributed by atoms with van der Waals surface area (Å²) in [6.07, 6.45) is 3.03. The van der Waals surface area contributed by atoms with Crippen molar-refractivity contribution in [3.05, 3.63) is 59.2 Å². The van der Waals surface area contributed by atoms with Crippen LogP contribution in [0.1, 0.15) is 18.9 Å². The molecule has 1 unspecified atom stereocenters. The third-order valence-electron chi connectivity index (χ3n) is 4.01. The molecule has 5 nitrogen and oxygen atoms in total. The molecule has 0 saturated heterocycles. The van der Waals surface area contributed by atoms with Gasteiger partial charge in [0.2, 0.25) is 0 Å². The van der Waals surface area contributed by atoms with E-state index in [1.807, 2.05) is 0 Å². The number of dihydropyridines is 1. The number of alkyl halides is 1. The van der Waals surface area contributed by atoms with Crippen LogP contribution in [0.2, 0.25) is 0 Å². The highest BCUT2D eigenvalue weighted by atomic mass is 19.1. The summed E-state index contributed by atoms with van der Waals surface area (Å²) in [5.41, 5.74) is 2.90. The van der Waals surface area contributed by atoms with Gasteiger partial charge in [0.15, 0.2) is 6.30 Å². The van der Waals surface area contributed by atoms with E-state index in [4.69, 9.17) is 0 Å². The van der Waals surface area contributed by atoms with Crippen LogP contribution >= 0.6 is 0 Å². The summed E-state index contributed by atoms with van der Waals surface area (Å²) >= 11 is 0. The van der Waals surface area contributed by atoms with Crippen molar-refractivity contribution in [3.8, 4) is 0 Å². The number of halogens is 2. The van der Waals surface area contributed by atoms with Gasteiger partial charge in [0, 0.05) is 18.8 Å². The van der Waals surface area contributed by atoms with Gasteiger partial charge in [-0.05, 0) is 37.6 Å². The van der Waals surface area contributed by atoms with Crippen molar-refractivity contribution in [2.45, 2.75) is 26.6 Å². The summed E-state index contributed by atoms with van der Waals surface area (Å²) in [6, 6.07) is 6.41. The first-order valence-electron chi connectivity index (χ1n) is 8.09. The Morgan fingerprint density at radius 2 is 2.00 bits per heavy atom. The molecule has 0 saturated carbocycles. The molecule has 0 fully saturated rings. The van der Waals surface area contributed by atoms with E-state index in [9.17, 15) is 13.6 Å². The molecule has 1 aliphatic rings. The van der Waals surface area contributed by atoms with Crippen LogP contribution in [0.4, 0.5) is 25.8 Å². The summed E-state index contributed by atoms with van der Waals surface area (Å²) in [4.78, 5) is 20.2. The molecule has 7 heteroatoms. The molecule has 0 radical (unpaired) electrons. The van der Waals surface area contributed by atoms with Crippen LogP contribution in [-0.2, 0) is 4.79 Å². The number of aryl methyl sites for hydroxylation is 1. The topological polar surface area (TPSA) is 66.4 Å². The molecule has 1 amide bonds. The van der Waals surface area contributed by atoms with Gasteiger partial charge in [-0.3, -0.25) is 14.8 Å². The second kappa shape index (κ2) is 7.43. The monoisotopic (exact) mass is 356 g/mol. The number of hydrogen-bond donors (Lipinski definition) is 2. The molecule has 2 N–H and O–H groups in total. The number of carbonyl (C=O) groups is 1. The van der Waals surface area contributed by atoms with Crippen molar-refractivity contribution >= 4 is 29.2 Å².